The Kier molecular flexibility index (Phi) is 5.07. The second-order valence-corrected chi connectivity index (χ2v) is 6.59. The third-order valence-corrected chi connectivity index (χ3v) is 4.50. The van der Waals surface area contributed by atoms with Gasteiger partial charge in [0.25, 0.3) is 0 Å². The summed E-state index contributed by atoms with van der Waals surface area (Å²) in [5.41, 5.74) is -1.01. The Hall–Kier alpha value is -2.29. The van der Waals surface area contributed by atoms with Crippen LogP contribution < -0.4 is 10.6 Å². The van der Waals surface area contributed by atoms with E-state index in [4.69, 9.17) is 12.2 Å². The number of halogens is 6. The summed E-state index contributed by atoms with van der Waals surface area (Å²) in [4.78, 5) is 0. The molecular formula is C18H14F6N2S. The lowest BCUT2D eigenvalue weighted by molar-refractivity contribution is -0.143. The van der Waals surface area contributed by atoms with Crippen molar-refractivity contribution < 1.29 is 26.3 Å². The summed E-state index contributed by atoms with van der Waals surface area (Å²) in [6, 6.07) is 8.78. The number of thiocarbonyl (C=S) groups is 1. The molecule has 0 aliphatic heterocycles. The molecule has 1 aliphatic carbocycles. The molecule has 3 rings (SSSR count). The van der Waals surface area contributed by atoms with E-state index in [0.29, 0.717) is 12.1 Å². The summed E-state index contributed by atoms with van der Waals surface area (Å²) in [7, 11) is 0. The summed E-state index contributed by atoms with van der Waals surface area (Å²) in [5, 5.41) is 5.36. The fourth-order valence-corrected chi connectivity index (χ4v) is 3.32. The summed E-state index contributed by atoms with van der Waals surface area (Å²) < 4.78 is 77.5. The van der Waals surface area contributed by atoms with Gasteiger partial charge in [-0.05, 0) is 54.4 Å². The van der Waals surface area contributed by atoms with Crippen LogP contribution in [0.4, 0.5) is 32.0 Å². The molecular weight excluding hydrogens is 390 g/mol. The van der Waals surface area contributed by atoms with Gasteiger partial charge in [0.2, 0.25) is 0 Å². The number of benzene rings is 2. The number of aryl methyl sites for hydroxylation is 1. The highest BCUT2D eigenvalue weighted by Gasteiger charge is 2.37. The molecule has 9 heteroatoms. The molecule has 0 saturated heterocycles. The molecule has 1 aliphatic rings. The van der Waals surface area contributed by atoms with Crippen LogP contribution in [-0.2, 0) is 18.8 Å². The van der Waals surface area contributed by atoms with Crippen molar-refractivity contribution in [3.05, 3.63) is 64.7 Å². The first-order valence-electron chi connectivity index (χ1n) is 7.99. The third kappa shape index (κ3) is 4.52. The molecule has 0 radical (unpaired) electrons. The summed E-state index contributed by atoms with van der Waals surface area (Å²) >= 11 is 5.09. The number of alkyl halides is 6. The molecule has 0 amide bonds. The zero-order valence-corrected chi connectivity index (χ0v) is 14.5. The zero-order chi connectivity index (χ0) is 19.8. The highest BCUT2D eigenvalue weighted by Crippen LogP contribution is 2.37. The van der Waals surface area contributed by atoms with E-state index in [1.165, 1.54) is 0 Å². The molecule has 0 spiro atoms. The van der Waals surface area contributed by atoms with Crippen molar-refractivity contribution >= 4 is 23.0 Å². The van der Waals surface area contributed by atoms with E-state index in [9.17, 15) is 26.3 Å². The first-order valence-corrected chi connectivity index (χ1v) is 8.39. The monoisotopic (exact) mass is 404 g/mol. The van der Waals surface area contributed by atoms with Crippen molar-refractivity contribution in [1.82, 2.24) is 5.32 Å². The van der Waals surface area contributed by atoms with E-state index in [1.54, 1.807) is 0 Å². The summed E-state index contributed by atoms with van der Waals surface area (Å²) in [6.07, 6.45) is -8.26. The molecule has 1 unspecified atom stereocenters. The summed E-state index contributed by atoms with van der Waals surface area (Å²) in [6.45, 7) is 0. The highest BCUT2D eigenvalue weighted by atomic mass is 32.1. The minimum absolute atomic E-state index is 0.0378. The van der Waals surface area contributed by atoms with Gasteiger partial charge in [0.15, 0.2) is 5.11 Å². The smallest absolute Gasteiger partial charge is 0.356 e. The van der Waals surface area contributed by atoms with Crippen molar-refractivity contribution in [2.24, 2.45) is 0 Å². The quantitative estimate of drug-likeness (QED) is 0.496. The van der Waals surface area contributed by atoms with E-state index in [1.807, 2.05) is 24.3 Å². The Bertz CT molecular complexity index is 827. The molecule has 0 bridgehead atoms. The predicted octanol–water partition coefficient (Wildman–Crippen LogP) is 5.70. The zero-order valence-electron chi connectivity index (χ0n) is 13.7. The molecule has 0 saturated carbocycles. The second-order valence-electron chi connectivity index (χ2n) is 6.18. The number of hydrogen-bond acceptors (Lipinski definition) is 1. The van der Waals surface area contributed by atoms with Crippen LogP contribution in [0.3, 0.4) is 0 Å². The predicted molar refractivity (Wildman–Crippen MR) is 93.3 cm³/mol. The molecule has 0 aromatic heterocycles. The van der Waals surface area contributed by atoms with E-state index in [0.717, 1.165) is 24.0 Å². The van der Waals surface area contributed by atoms with Gasteiger partial charge in [0, 0.05) is 5.69 Å². The number of hydrogen-bond donors (Lipinski definition) is 2. The van der Waals surface area contributed by atoms with Crippen molar-refractivity contribution in [2.45, 2.75) is 31.2 Å². The Morgan fingerprint density at radius 3 is 2.11 bits per heavy atom. The van der Waals surface area contributed by atoms with Gasteiger partial charge in [-0.3, -0.25) is 0 Å². The lowest BCUT2D eigenvalue weighted by Gasteiger charge is -2.19. The topological polar surface area (TPSA) is 24.1 Å². The van der Waals surface area contributed by atoms with Crippen molar-refractivity contribution in [1.29, 1.82) is 0 Å². The molecule has 2 nitrogen and oxygen atoms in total. The maximum Gasteiger partial charge on any atom is 0.416 e. The summed E-state index contributed by atoms with van der Waals surface area (Å²) in [5.74, 6) is 0. The normalized spacial score (nSPS) is 16.7. The molecule has 144 valence electrons. The molecule has 1 atom stereocenters. The Balaban J connectivity index is 1.80. The van der Waals surface area contributed by atoms with Crippen LogP contribution in [0.2, 0.25) is 0 Å². The lowest BCUT2D eigenvalue weighted by atomic mass is 10.1. The lowest BCUT2D eigenvalue weighted by Crippen LogP contribution is -2.31. The van der Waals surface area contributed by atoms with Gasteiger partial charge >= 0.3 is 12.4 Å². The second kappa shape index (κ2) is 7.03. The van der Waals surface area contributed by atoms with Crippen LogP contribution in [0.1, 0.15) is 34.7 Å². The van der Waals surface area contributed by atoms with Gasteiger partial charge in [-0.15, -0.1) is 0 Å². The Morgan fingerprint density at radius 2 is 1.52 bits per heavy atom. The SMILES string of the molecule is FC(F)(F)c1cc(NC(=S)NC2CCc3ccccc32)cc(C(F)(F)F)c1. The van der Waals surface area contributed by atoms with Crippen LogP contribution >= 0.6 is 12.2 Å². The molecule has 2 N–H and O–H groups in total. The van der Waals surface area contributed by atoms with Crippen LogP contribution in [-0.4, -0.2) is 5.11 Å². The Morgan fingerprint density at radius 1 is 0.926 bits per heavy atom. The van der Waals surface area contributed by atoms with Gasteiger partial charge in [-0.2, -0.15) is 26.3 Å². The number of rotatable bonds is 2. The highest BCUT2D eigenvalue weighted by molar-refractivity contribution is 7.80. The van der Waals surface area contributed by atoms with Gasteiger partial charge in [0.05, 0.1) is 17.2 Å². The number of fused-ring (bicyclic) bond motifs is 1. The minimum atomic E-state index is -4.91. The molecule has 27 heavy (non-hydrogen) atoms. The molecule has 0 heterocycles. The average Bonchev–Trinajstić information content (AvgIpc) is 2.96. The fourth-order valence-electron chi connectivity index (χ4n) is 3.06. The van der Waals surface area contributed by atoms with Crippen LogP contribution in [0.5, 0.6) is 0 Å². The van der Waals surface area contributed by atoms with Gasteiger partial charge in [-0.1, -0.05) is 24.3 Å². The standard InChI is InChI=1S/C18H14F6N2S/c19-17(20,21)11-7-12(18(22,23)24)9-13(8-11)25-16(27)26-15-6-5-10-3-1-2-4-14(10)15/h1-4,7-9,15H,5-6H2,(H2,25,26,27). The average molecular weight is 404 g/mol. The van der Waals surface area contributed by atoms with Crippen molar-refractivity contribution in [3.63, 3.8) is 0 Å². The minimum Gasteiger partial charge on any atom is -0.356 e. The maximum absolute atomic E-state index is 12.9. The van der Waals surface area contributed by atoms with Gasteiger partial charge in [0.1, 0.15) is 0 Å². The van der Waals surface area contributed by atoms with Crippen molar-refractivity contribution in [3.8, 4) is 0 Å². The number of nitrogens with one attached hydrogen (secondary N) is 2. The first kappa shape index (κ1) is 19.5. The van der Waals surface area contributed by atoms with Crippen LogP contribution in [0, 0.1) is 0 Å². The maximum atomic E-state index is 12.9. The third-order valence-electron chi connectivity index (χ3n) is 4.28. The van der Waals surface area contributed by atoms with E-state index >= 15 is 0 Å². The van der Waals surface area contributed by atoms with E-state index in [2.05, 4.69) is 10.6 Å². The number of anilines is 1. The largest absolute Gasteiger partial charge is 0.416 e. The van der Waals surface area contributed by atoms with Crippen LogP contribution in [0.15, 0.2) is 42.5 Å². The fraction of sp³-hybridized carbons (Fsp3) is 0.278. The molecule has 2 aromatic carbocycles. The molecule has 0 fully saturated rings. The van der Waals surface area contributed by atoms with Crippen LogP contribution in [0.25, 0.3) is 0 Å². The van der Waals surface area contributed by atoms with E-state index in [-0.39, 0.29) is 22.9 Å². The van der Waals surface area contributed by atoms with Gasteiger partial charge in [-0.25, -0.2) is 0 Å². The first-order chi connectivity index (χ1) is 12.5. The van der Waals surface area contributed by atoms with Gasteiger partial charge < -0.3 is 10.6 Å². The van der Waals surface area contributed by atoms with Crippen molar-refractivity contribution in [2.75, 3.05) is 5.32 Å². The van der Waals surface area contributed by atoms with E-state index < -0.39 is 23.5 Å². The Labute approximate surface area is 156 Å². The molecule has 2 aromatic rings.